The van der Waals surface area contributed by atoms with Crippen LogP contribution >= 0.6 is 0 Å². The molecule has 0 unspecified atom stereocenters. The predicted molar refractivity (Wildman–Crippen MR) is 79.9 cm³/mol. The molecule has 0 atom stereocenters. The van der Waals surface area contributed by atoms with E-state index in [1.165, 1.54) is 5.56 Å². The molecule has 0 aromatic carbocycles. The first-order valence-electron chi connectivity index (χ1n) is 7.20. The first kappa shape index (κ1) is 14.7. The fourth-order valence-electron chi connectivity index (χ4n) is 1.94. The lowest BCUT2D eigenvalue weighted by Crippen LogP contribution is -2.20. The van der Waals surface area contributed by atoms with E-state index in [1.54, 1.807) is 4.68 Å². The van der Waals surface area contributed by atoms with Crippen LogP contribution in [0, 0.1) is 12.8 Å². The molecule has 2 aromatic heterocycles. The van der Waals surface area contributed by atoms with E-state index in [2.05, 4.69) is 34.5 Å². The number of aryl methyl sites for hydroxylation is 2. The average Bonchev–Trinajstić information content (AvgIpc) is 2.87. The quantitative estimate of drug-likeness (QED) is 0.785. The van der Waals surface area contributed by atoms with Gasteiger partial charge >= 0.3 is 0 Å². The zero-order valence-corrected chi connectivity index (χ0v) is 12.5. The van der Waals surface area contributed by atoms with Gasteiger partial charge in [0.05, 0.1) is 11.9 Å². The number of nitrogens with zero attached hydrogens (tertiary/aromatic N) is 4. The molecule has 0 radical (unpaired) electrons. The van der Waals surface area contributed by atoms with Crippen molar-refractivity contribution in [2.75, 3.05) is 13.1 Å². The minimum atomic E-state index is 0.706. The largest absolute Gasteiger partial charge is 0.316 e. The highest BCUT2D eigenvalue weighted by Crippen LogP contribution is 2.06. The zero-order chi connectivity index (χ0) is 14.4. The van der Waals surface area contributed by atoms with Gasteiger partial charge in [0.25, 0.3) is 0 Å². The Morgan fingerprint density at radius 2 is 2.10 bits per heavy atom. The van der Waals surface area contributed by atoms with Gasteiger partial charge in [-0.15, -0.1) is 5.10 Å². The van der Waals surface area contributed by atoms with Gasteiger partial charge in [0.15, 0.2) is 5.82 Å². The van der Waals surface area contributed by atoms with Crippen molar-refractivity contribution < 1.29 is 0 Å². The summed E-state index contributed by atoms with van der Waals surface area (Å²) in [5, 5.41) is 16.0. The fraction of sp³-hybridized carbons (Fsp3) is 0.533. The van der Waals surface area contributed by atoms with Gasteiger partial charge in [-0.2, -0.15) is 10.2 Å². The Labute approximate surface area is 120 Å². The third kappa shape index (κ3) is 4.42. The van der Waals surface area contributed by atoms with Crippen molar-refractivity contribution in [2.24, 2.45) is 5.92 Å². The molecule has 0 saturated carbocycles. The van der Waals surface area contributed by atoms with Crippen LogP contribution in [0.1, 0.15) is 31.5 Å². The molecule has 0 fully saturated rings. The average molecular weight is 273 g/mol. The summed E-state index contributed by atoms with van der Waals surface area (Å²) in [5.74, 6) is 1.47. The summed E-state index contributed by atoms with van der Waals surface area (Å²) >= 11 is 0. The van der Waals surface area contributed by atoms with Crippen LogP contribution in [0.5, 0.6) is 0 Å². The maximum Gasteiger partial charge on any atom is 0.175 e. The number of hydrogen-bond donors (Lipinski definition) is 1. The highest BCUT2D eigenvalue weighted by Gasteiger charge is 2.02. The summed E-state index contributed by atoms with van der Waals surface area (Å²) in [6.45, 7) is 8.50. The minimum absolute atomic E-state index is 0.706. The maximum atomic E-state index is 4.34. The van der Waals surface area contributed by atoms with Crippen LogP contribution in [-0.2, 0) is 6.42 Å². The van der Waals surface area contributed by atoms with Gasteiger partial charge in [0.2, 0.25) is 0 Å². The maximum absolute atomic E-state index is 4.34. The molecule has 5 heteroatoms. The minimum Gasteiger partial charge on any atom is -0.316 e. The van der Waals surface area contributed by atoms with Gasteiger partial charge in [-0.25, -0.2) is 4.68 Å². The van der Waals surface area contributed by atoms with Crippen LogP contribution in [-0.4, -0.2) is 33.1 Å². The van der Waals surface area contributed by atoms with Crippen LogP contribution in [0.25, 0.3) is 5.82 Å². The lowest BCUT2D eigenvalue weighted by atomic mass is 10.2. The Bertz CT molecular complexity index is 515. The molecule has 108 valence electrons. The fourth-order valence-corrected chi connectivity index (χ4v) is 1.94. The topological polar surface area (TPSA) is 55.6 Å². The van der Waals surface area contributed by atoms with Gasteiger partial charge in [-0.1, -0.05) is 13.8 Å². The molecule has 0 aliphatic carbocycles. The second kappa shape index (κ2) is 7.14. The van der Waals surface area contributed by atoms with Crippen LogP contribution in [0.3, 0.4) is 0 Å². The highest BCUT2D eigenvalue weighted by atomic mass is 15.3. The lowest BCUT2D eigenvalue weighted by molar-refractivity contribution is 0.543. The Morgan fingerprint density at radius 1 is 1.25 bits per heavy atom. The molecule has 0 amide bonds. The molecule has 0 spiro atoms. The van der Waals surface area contributed by atoms with E-state index in [4.69, 9.17) is 0 Å². The standard InChI is InChI=1S/C15H23N5/c1-12(2)9-16-8-4-5-14-10-17-20(11-14)15-7-6-13(3)18-19-15/h6-7,10-12,16H,4-5,8-9H2,1-3H3. The Kier molecular flexibility index (Phi) is 5.24. The summed E-state index contributed by atoms with van der Waals surface area (Å²) in [6, 6.07) is 3.88. The van der Waals surface area contributed by atoms with Gasteiger partial charge in [-0.05, 0) is 56.5 Å². The van der Waals surface area contributed by atoms with Crippen LogP contribution in [0.2, 0.25) is 0 Å². The molecular formula is C15H23N5. The van der Waals surface area contributed by atoms with Crippen molar-refractivity contribution in [1.82, 2.24) is 25.3 Å². The molecular weight excluding hydrogens is 250 g/mol. The van der Waals surface area contributed by atoms with Crippen LogP contribution in [0.15, 0.2) is 24.5 Å². The Balaban J connectivity index is 1.82. The van der Waals surface area contributed by atoms with Crippen molar-refractivity contribution in [3.05, 3.63) is 35.8 Å². The Morgan fingerprint density at radius 3 is 2.80 bits per heavy atom. The molecule has 0 saturated heterocycles. The number of hydrogen-bond acceptors (Lipinski definition) is 4. The smallest absolute Gasteiger partial charge is 0.175 e. The second-order valence-electron chi connectivity index (χ2n) is 5.53. The number of nitrogens with one attached hydrogen (secondary N) is 1. The summed E-state index contributed by atoms with van der Waals surface area (Å²) < 4.78 is 1.78. The van der Waals surface area contributed by atoms with Crippen molar-refractivity contribution in [2.45, 2.75) is 33.6 Å². The normalized spacial score (nSPS) is 11.2. The summed E-state index contributed by atoms with van der Waals surface area (Å²) in [4.78, 5) is 0. The molecule has 0 aliphatic rings. The number of aromatic nitrogens is 4. The van der Waals surface area contributed by atoms with Gasteiger partial charge < -0.3 is 5.32 Å². The van der Waals surface area contributed by atoms with E-state index in [1.807, 2.05) is 31.5 Å². The monoisotopic (exact) mass is 273 g/mol. The highest BCUT2D eigenvalue weighted by molar-refractivity contribution is 5.22. The van der Waals surface area contributed by atoms with Crippen molar-refractivity contribution in [1.29, 1.82) is 0 Å². The van der Waals surface area contributed by atoms with E-state index in [0.29, 0.717) is 5.92 Å². The lowest BCUT2D eigenvalue weighted by Gasteiger charge is -2.06. The van der Waals surface area contributed by atoms with Gasteiger partial charge in [0.1, 0.15) is 0 Å². The third-order valence-electron chi connectivity index (χ3n) is 3.03. The Hall–Kier alpha value is -1.75. The molecule has 20 heavy (non-hydrogen) atoms. The van der Waals surface area contributed by atoms with E-state index >= 15 is 0 Å². The van der Waals surface area contributed by atoms with Crippen LogP contribution < -0.4 is 5.32 Å². The first-order valence-corrected chi connectivity index (χ1v) is 7.20. The summed E-state index contributed by atoms with van der Waals surface area (Å²) in [7, 11) is 0. The summed E-state index contributed by atoms with van der Waals surface area (Å²) in [6.07, 6.45) is 6.09. The second-order valence-corrected chi connectivity index (χ2v) is 5.53. The molecule has 2 aromatic rings. The molecule has 0 aliphatic heterocycles. The molecule has 0 bridgehead atoms. The van der Waals surface area contributed by atoms with E-state index in [0.717, 1.165) is 37.4 Å². The van der Waals surface area contributed by atoms with E-state index in [-0.39, 0.29) is 0 Å². The molecule has 2 heterocycles. The zero-order valence-electron chi connectivity index (χ0n) is 12.5. The SMILES string of the molecule is Cc1ccc(-n2cc(CCCNCC(C)C)cn2)nn1. The van der Waals surface area contributed by atoms with Gasteiger partial charge in [-0.3, -0.25) is 0 Å². The predicted octanol–water partition coefficient (Wildman–Crippen LogP) is 2.15. The van der Waals surface area contributed by atoms with Gasteiger partial charge in [0, 0.05) is 6.20 Å². The van der Waals surface area contributed by atoms with E-state index in [9.17, 15) is 0 Å². The third-order valence-corrected chi connectivity index (χ3v) is 3.03. The number of rotatable bonds is 7. The molecule has 5 nitrogen and oxygen atoms in total. The van der Waals surface area contributed by atoms with Crippen LogP contribution in [0.4, 0.5) is 0 Å². The van der Waals surface area contributed by atoms with E-state index < -0.39 is 0 Å². The van der Waals surface area contributed by atoms with Crippen molar-refractivity contribution >= 4 is 0 Å². The first-order chi connectivity index (χ1) is 9.65. The molecule has 2 rings (SSSR count). The molecule has 1 N–H and O–H groups in total. The van der Waals surface area contributed by atoms with Crippen molar-refractivity contribution in [3.63, 3.8) is 0 Å². The van der Waals surface area contributed by atoms with Crippen molar-refractivity contribution in [3.8, 4) is 5.82 Å². The summed E-state index contributed by atoms with van der Waals surface area (Å²) in [5.41, 5.74) is 2.15.